The molecule has 2 fully saturated rings. The zero-order chi connectivity index (χ0) is 27.9. The van der Waals surface area contributed by atoms with E-state index in [1.54, 1.807) is 15.4 Å². The van der Waals surface area contributed by atoms with Crippen molar-refractivity contribution in [1.29, 1.82) is 0 Å². The summed E-state index contributed by atoms with van der Waals surface area (Å²) < 4.78 is 41.5. The largest absolute Gasteiger partial charge is 0.364 e. The van der Waals surface area contributed by atoms with Crippen LogP contribution in [0.25, 0.3) is 5.52 Å². The number of hydrogen-bond donors (Lipinski definition) is 3. The number of nitrogens with zero attached hydrogens (tertiary/aromatic N) is 5. The number of anilines is 1. The molecule has 10 nitrogen and oxygen atoms in total. The molecule has 1 amide bonds. The third-order valence-corrected chi connectivity index (χ3v) is 9.25. The standard InChI is InChI=1S/C26H32FN7O3S2/c1-26(2,3)33-13-17(12-29-33)25(35)28-10-5-6-21-24(38)22-7-4-8-23(34(22)31-21)30-20-9-11-32(14-19(20)27)18-15-39(36,37)16-18/h4,7-8,12-13,18-20,30,38H,9-11,14-16H2,1-3H3,(H,28,35)/t19-,20+/m0/s1. The monoisotopic (exact) mass is 573 g/mol. The minimum Gasteiger partial charge on any atom is -0.364 e. The first-order chi connectivity index (χ1) is 18.4. The van der Waals surface area contributed by atoms with E-state index in [2.05, 4.69) is 45.3 Å². The Balaban J connectivity index is 1.22. The highest BCUT2D eigenvalue weighted by Gasteiger charge is 2.41. The Hall–Kier alpha value is -3.08. The second-order valence-corrected chi connectivity index (χ2v) is 13.6. The van der Waals surface area contributed by atoms with Crippen LogP contribution in [0.15, 0.2) is 35.5 Å². The number of rotatable bonds is 5. The van der Waals surface area contributed by atoms with Crippen molar-refractivity contribution in [3.05, 3.63) is 41.9 Å². The summed E-state index contributed by atoms with van der Waals surface area (Å²) >= 11 is 4.60. The van der Waals surface area contributed by atoms with Gasteiger partial charge in [0.2, 0.25) is 0 Å². The zero-order valence-electron chi connectivity index (χ0n) is 22.1. The summed E-state index contributed by atoms with van der Waals surface area (Å²) in [6.07, 6.45) is 2.63. The maximum absolute atomic E-state index is 15.1. The number of amides is 1. The molecule has 2 N–H and O–H groups in total. The number of hydrogen-bond acceptors (Lipinski definition) is 8. The number of piperidine rings is 1. The summed E-state index contributed by atoms with van der Waals surface area (Å²) in [5.74, 6) is 6.47. The molecule has 2 aliphatic heterocycles. The van der Waals surface area contributed by atoms with Crippen molar-refractivity contribution >= 4 is 39.7 Å². The van der Waals surface area contributed by atoms with Crippen LogP contribution in [-0.4, -0.2) is 88.0 Å². The SMILES string of the molecule is CC(C)(C)n1cc(C(=O)NCC#Cc2nn3c(N[C@@H]4CCN(C5CS(=O)(=O)C5)C[C@@H]4F)cccc3c2S)cn1. The van der Waals surface area contributed by atoms with Gasteiger partial charge in [0, 0.05) is 25.3 Å². The van der Waals surface area contributed by atoms with Crippen molar-refractivity contribution in [3.63, 3.8) is 0 Å². The smallest absolute Gasteiger partial charge is 0.255 e. The number of aromatic nitrogens is 4. The molecule has 2 atom stereocenters. The van der Waals surface area contributed by atoms with Crippen LogP contribution in [0.5, 0.6) is 0 Å². The summed E-state index contributed by atoms with van der Waals surface area (Å²) in [6.45, 7) is 6.96. The average molecular weight is 574 g/mol. The van der Waals surface area contributed by atoms with Crippen LogP contribution >= 0.6 is 12.6 Å². The van der Waals surface area contributed by atoms with Gasteiger partial charge >= 0.3 is 0 Å². The average Bonchev–Trinajstić information content (AvgIpc) is 3.48. The summed E-state index contributed by atoms with van der Waals surface area (Å²) in [5, 5.41) is 14.8. The van der Waals surface area contributed by atoms with E-state index in [1.807, 2.05) is 43.9 Å². The third-order valence-electron chi connectivity index (χ3n) is 7.02. The molecule has 0 saturated carbocycles. The fraction of sp³-hybridized carbons (Fsp3) is 0.500. The van der Waals surface area contributed by atoms with Crippen LogP contribution in [0.2, 0.25) is 0 Å². The molecule has 5 rings (SSSR count). The lowest BCUT2D eigenvalue weighted by molar-refractivity contribution is 0.0958. The second kappa shape index (κ2) is 10.5. The first-order valence-corrected chi connectivity index (χ1v) is 15.1. The molecule has 5 heterocycles. The lowest BCUT2D eigenvalue weighted by Gasteiger charge is -2.42. The van der Waals surface area contributed by atoms with Gasteiger partial charge in [-0.1, -0.05) is 12.0 Å². The van der Waals surface area contributed by atoms with Gasteiger partial charge in [0.15, 0.2) is 9.84 Å². The number of thiol groups is 1. The van der Waals surface area contributed by atoms with E-state index in [-0.39, 0.29) is 42.1 Å². The molecular formula is C26H32FN7O3S2. The lowest BCUT2D eigenvalue weighted by atomic mass is 10.0. The van der Waals surface area contributed by atoms with E-state index in [4.69, 9.17) is 0 Å². The van der Waals surface area contributed by atoms with Crippen LogP contribution in [0.4, 0.5) is 10.2 Å². The molecule has 0 unspecified atom stereocenters. The van der Waals surface area contributed by atoms with Gasteiger partial charge in [-0.25, -0.2) is 17.3 Å². The second-order valence-electron chi connectivity index (χ2n) is 11.0. The number of pyridine rings is 1. The van der Waals surface area contributed by atoms with Gasteiger partial charge in [-0.3, -0.25) is 14.4 Å². The molecule has 3 aromatic rings. The van der Waals surface area contributed by atoms with Gasteiger partial charge in [-0.15, -0.1) is 12.6 Å². The molecule has 3 aromatic heterocycles. The molecule has 2 saturated heterocycles. The maximum atomic E-state index is 15.1. The van der Waals surface area contributed by atoms with Crippen LogP contribution in [0.3, 0.4) is 0 Å². The van der Waals surface area contributed by atoms with Crippen LogP contribution in [0.1, 0.15) is 43.2 Å². The number of carbonyl (C=O) groups excluding carboxylic acids is 1. The molecule has 39 heavy (non-hydrogen) atoms. The number of halogens is 1. The normalized spacial score (nSPS) is 21.7. The first-order valence-electron chi connectivity index (χ1n) is 12.8. The van der Waals surface area contributed by atoms with Gasteiger partial charge < -0.3 is 10.6 Å². The number of nitrogens with one attached hydrogen (secondary N) is 2. The van der Waals surface area contributed by atoms with Gasteiger partial charge in [0.05, 0.1) is 51.8 Å². The summed E-state index contributed by atoms with van der Waals surface area (Å²) in [6, 6.07) is 5.01. The molecule has 0 radical (unpaired) electrons. The van der Waals surface area contributed by atoms with E-state index in [0.29, 0.717) is 34.9 Å². The number of alkyl halides is 1. The Morgan fingerprint density at radius 3 is 2.72 bits per heavy atom. The van der Waals surface area contributed by atoms with E-state index >= 15 is 4.39 Å². The van der Waals surface area contributed by atoms with Crippen molar-refractivity contribution in [2.45, 2.75) is 55.9 Å². The number of likely N-dealkylation sites (tertiary alicyclic amines) is 1. The molecule has 208 valence electrons. The van der Waals surface area contributed by atoms with Crippen LogP contribution in [0, 0.1) is 11.8 Å². The van der Waals surface area contributed by atoms with Gasteiger partial charge in [0.25, 0.3) is 5.91 Å². The quantitative estimate of drug-likeness (QED) is 0.316. The maximum Gasteiger partial charge on any atom is 0.255 e. The highest BCUT2D eigenvalue weighted by Crippen LogP contribution is 2.27. The van der Waals surface area contributed by atoms with Crippen LogP contribution in [-0.2, 0) is 15.4 Å². The topological polar surface area (TPSA) is 114 Å². The minimum atomic E-state index is -2.95. The lowest BCUT2D eigenvalue weighted by Crippen LogP contribution is -2.59. The Bertz CT molecular complexity index is 1550. The van der Waals surface area contributed by atoms with Gasteiger partial charge in [0.1, 0.15) is 17.7 Å². The predicted molar refractivity (Wildman–Crippen MR) is 150 cm³/mol. The molecule has 0 spiro atoms. The Kier molecular flexibility index (Phi) is 7.39. The zero-order valence-corrected chi connectivity index (χ0v) is 23.8. The fourth-order valence-electron chi connectivity index (χ4n) is 4.77. The third kappa shape index (κ3) is 5.92. The van der Waals surface area contributed by atoms with Crippen molar-refractivity contribution < 1.29 is 17.6 Å². The van der Waals surface area contributed by atoms with Crippen LogP contribution < -0.4 is 10.6 Å². The Labute approximate surface area is 232 Å². The van der Waals surface area contributed by atoms with Gasteiger partial charge in [-0.05, 0) is 45.2 Å². The molecule has 0 aromatic carbocycles. The van der Waals surface area contributed by atoms with Crippen molar-refractivity contribution in [1.82, 2.24) is 29.6 Å². The van der Waals surface area contributed by atoms with E-state index < -0.39 is 22.1 Å². The number of sulfone groups is 1. The Morgan fingerprint density at radius 1 is 1.28 bits per heavy atom. The van der Waals surface area contributed by atoms with E-state index in [1.165, 1.54) is 6.20 Å². The van der Waals surface area contributed by atoms with Crippen molar-refractivity contribution in [3.8, 4) is 11.8 Å². The van der Waals surface area contributed by atoms with E-state index in [9.17, 15) is 13.2 Å². The molecule has 0 bridgehead atoms. The summed E-state index contributed by atoms with van der Waals surface area (Å²) in [4.78, 5) is 15.0. The van der Waals surface area contributed by atoms with Crippen molar-refractivity contribution in [2.75, 3.05) is 36.5 Å². The Morgan fingerprint density at radius 2 is 2.05 bits per heavy atom. The fourth-order valence-corrected chi connectivity index (χ4v) is 6.54. The first kappa shape index (κ1) is 27.5. The number of carbonyl (C=O) groups is 1. The summed E-state index contributed by atoms with van der Waals surface area (Å²) in [7, 11) is -2.95. The van der Waals surface area contributed by atoms with E-state index in [0.717, 1.165) is 5.52 Å². The minimum absolute atomic E-state index is 0.0809. The molecule has 0 aliphatic carbocycles. The number of fused-ring (bicyclic) bond motifs is 1. The van der Waals surface area contributed by atoms with Crippen molar-refractivity contribution in [2.24, 2.45) is 0 Å². The summed E-state index contributed by atoms with van der Waals surface area (Å²) in [5.41, 5.74) is 1.40. The molecule has 13 heteroatoms. The highest BCUT2D eigenvalue weighted by molar-refractivity contribution is 7.92. The molecule has 2 aliphatic rings. The highest BCUT2D eigenvalue weighted by atomic mass is 32.2. The molecular weight excluding hydrogens is 541 g/mol. The van der Waals surface area contributed by atoms with Gasteiger partial charge in [-0.2, -0.15) is 10.2 Å². The predicted octanol–water partition coefficient (Wildman–Crippen LogP) is 1.98.